The topological polar surface area (TPSA) is 59.6 Å². The molecule has 2 N–H and O–H groups in total. The fourth-order valence-corrected chi connectivity index (χ4v) is 2.22. The van der Waals surface area contributed by atoms with E-state index in [2.05, 4.69) is 17.6 Å². The largest absolute Gasteiger partial charge is 0.494 e. The van der Waals surface area contributed by atoms with Gasteiger partial charge in [0.2, 0.25) is 0 Å². The number of carbonyl (C=O) groups is 1. The molecule has 0 spiro atoms. The van der Waals surface area contributed by atoms with E-state index in [1.165, 1.54) is 6.42 Å². The molecule has 1 saturated heterocycles. The smallest absolute Gasteiger partial charge is 0.257 e. The van der Waals surface area contributed by atoms with Gasteiger partial charge in [-0.25, -0.2) is 0 Å². The van der Waals surface area contributed by atoms with Gasteiger partial charge < -0.3 is 20.1 Å². The Morgan fingerprint density at radius 2 is 2.00 bits per heavy atom. The van der Waals surface area contributed by atoms with Crippen LogP contribution < -0.4 is 20.1 Å². The molecule has 0 aromatic heterocycles. The first-order chi connectivity index (χ1) is 10.3. The second kappa shape index (κ2) is 8.52. The summed E-state index contributed by atoms with van der Waals surface area (Å²) in [5, 5.41) is 6.22. The molecule has 1 atom stereocenters. The zero-order chi connectivity index (χ0) is 14.9. The van der Waals surface area contributed by atoms with Crippen LogP contribution in [0.4, 0.5) is 0 Å². The van der Waals surface area contributed by atoms with E-state index in [1.54, 1.807) is 0 Å². The first-order valence-electron chi connectivity index (χ1n) is 7.63. The Morgan fingerprint density at radius 3 is 2.62 bits per heavy atom. The van der Waals surface area contributed by atoms with E-state index in [1.807, 2.05) is 24.3 Å². The summed E-state index contributed by atoms with van der Waals surface area (Å²) in [6, 6.07) is 7.74. The van der Waals surface area contributed by atoms with Crippen LogP contribution >= 0.6 is 0 Å². The van der Waals surface area contributed by atoms with E-state index in [4.69, 9.17) is 9.47 Å². The quantitative estimate of drug-likeness (QED) is 0.766. The standard InChI is InChI=1S/C16H24N2O3/c1-2-10-20-14-5-7-15(8-6-14)21-12-16(19)18-11-13-4-3-9-17-13/h5-8,13,17H,2-4,9-12H2,1H3,(H,18,19). The Bertz CT molecular complexity index is 428. The predicted molar refractivity (Wildman–Crippen MR) is 81.8 cm³/mol. The summed E-state index contributed by atoms with van der Waals surface area (Å²) in [6.45, 7) is 4.53. The Morgan fingerprint density at radius 1 is 1.29 bits per heavy atom. The number of amides is 1. The maximum atomic E-state index is 11.7. The molecule has 116 valence electrons. The second-order valence-electron chi connectivity index (χ2n) is 5.21. The van der Waals surface area contributed by atoms with Crippen molar-refractivity contribution in [3.05, 3.63) is 24.3 Å². The van der Waals surface area contributed by atoms with Crippen molar-refractivity contribution in [3.63, 3.8) is 0 Å². The Labute approximate surface area is 126 Å². The summed E-state index contributed by atoms with van der Waals surface area (Å²) in [5.74, 6) is 1.41. The molecule has 0 aliphatic carbocycles. The Balaban J connectivity index is 1.65. The van der Waals surface area contributed by atoms with Gasteiger partial charge in [-0.15, -0.1) is 0 Å². The van der Waals surface area contributed by atoms with Gasteiger partial charge in [0.05, 0.1) is 6.61 Å². The van der Waals surface area contributed by atoms with Crippen molar-refractivity contribution in [2.75, 3.05) is 26.3 Å². The first-order valence-corrected chi connectivity index (χ1v) is 7.63. The predicted octanol–water partition coefficient (Wildman–Crippen LogP) is 1.72. The van der Waals surface area contributed by atoms with Gasteiger partial charge in [-0.2, -0.15) is 0 Å². The van der Waals surface area contributed by atoms with Crippen molar-refractivity contribution in [1.82, 2.24) is 10.6 Å². The van der Waals surface area contributed by atoms with E-state index < -0.39 is 0 Å². The molecule has 21 heavy (non-hydrogen) atoms. The Hall–Kier alpha value is -1.75. The van der Waals surface area contributed by atoms with Crippen molar-refractivity contribution in [2.45, 2.75) is 32.2 Å². The highest BCUT2D eigenvalue weighted by Gasteiger charge is 2.14. The third-order valence-corrected chi connectivity index (χ3v) is 3.37. The molecule has 0 saturated carbocycles. The van der Waals surface area contributed by atoms with Gasteiger partial charge in [0.15, 0.2) is 6.61 Å². The molecule has 1 heterocycles. The average molecular weight is 292 g/mol. The summed E-state index contributed by atoms with van der Waals surface area (Å²) >= 11 is 0. The lowest BCUT2D eigenvalue weighted by Gasteiger charge is -2.12. The molecule has 1 aromatic carbocycles. The fourth-order valence-electron chi connectivity index (χ4n) is 2.22. The highest BCUT2D eigenvalue weighted by molar-refractivity contribution is 5.77. The monoisotopic (exact) mass is 292 g/mol. The average Bonchev–Trinajstić information content (AvgIpc) is 3.03. The lowest BCUT2D eigenvalue weighted by Crippen LogP contribution is -2.39. The number of hydrogen-bond donors (Lipinski definition) is 2. The van der Waals surface area contributed by atoms with Crippen LogP contribution in [0.5, 0.6) is 11.5 Å². The highest BCUT2D eigenvalue weighted by Crippen LogP contribution is 2.17. The molecule has 1 amide bonds. The molecule has 1 fully saturated rings. The van der Waals surface area contributed by atoms with Crippen molar-refractivity contribution >= 4 is 5.91 Å². The van der Waals surface area contributed by atoms with Gasteiger partial charge in [0.1, 0.15) is 11.5 Å². The number of benzene rings is 1. The van der Waals surface area contributed by atoms with Crippen LogP contribution in [0, 0.1) is 0 Å². The van der Waals surface area contributed by atoms with E-state index in [9.17, 15) is 4.79 Å². The first kappa shape index (κ1) is 15.6. The minimum absolute atomic E-state index is 0.0435. The fraction of sp³-hybridized carbons (Fsp3) is 0.562. The van der Waals surface area contributed by atoms with Crippen LogP contribution in [0.3, 0.4) is 0 Å². The highest BCUT2D eigenvalue weighted by atomic mass is 16.5. The second-order valence-corrected chi connectivity index (χ2v) is 5.21. The zero-order valence-electron chi connectivity index (χ0n) is 12.6. The SMILES string of the molecule is CCCOc1ccc(OCC(=O)NCC2CCCN2)cc1. The molecule has 1 unspecified atom stereocenters. The molecule has 5 nitrogen and oxygen atoms in total. The molecule has 1 aliphatic heterocycles. The van der Waals surface area contributed by atoms with Crippen LogP contribution in [0.25, 0.3) is 0 Å². The van der Waals surface area contributed by atoms with Gasteiger partial charge in [-0.1, -0.05) is 6.92 Å². The lowest BCUT2D eigenvalue weighted by atomic mass is 10.2. The molecule has 0 bridgehead atoms. The van der Waals surface area contributed by atoms with Crippen LogP contribution in [-0.4, -0.2) is 38.3 Å². The van der Waals surface area contributed by atoms with Crippen molar-refractivity contribution in [2.24, 2.45) is 0 Å². The molecule has 1 aliphatic rings. The van der Waals surface area contributed by atoms with Crippen molar-refractivity contribution in [3.8, 4) is 11.5 Å². The molecule has 5 heteroatoms. The third kappa shape index (κ3) is 5.63. The lowest BCUT2D eigenvalue weighted by molar-refractivity contribution is -0.123. The number of carbonyl (C=O) groups excluding carboxylic acids is 1. The van der Waals surface area contributed by atoms with Crippen LogP contribution in [0.1, 0.15) is 26.2 Å². The molecular formula is C16H24N2O3. The van der Waals surface area contributed by atoms with Gasteiger partial charge in [0.25, 0.3) is 5.91 Å². The molecule has 1 aromatic rings. The molecule has 2 rings (SSSR count). The zero-order valence-corrected chi connectivity index (χ0v) is 12.6. The summed E-state index contributed by atoms with van der Waals surface area (Å²) in [5.41, 5.74) is 0. The summed E-state index contributed by atoms with van der Waals surface area (Å²) in [6.07, 6.45) is 3.29. The van der Waals surface area contributed by atoms with E-state index in [-0.39, 0.29) is 12.5 Å². The van der Waals surface area contributed by atoms with Gasteiger partial charge in [-0.05, 0) is 50.1 Å². The summed E-state index contributed by atoms with van der Waals surface area (Å²) < 4.78 is 10.9. The normalized spacial score (nSPS) is 17.5. The van der Waals surface area contributed by atoms with Crippen LogP contribution in [0.2, 0.25) is 0 Å². The number of ether oxygens (including phenoxy) is 2. The maximum Gasteiger partial charge on any atom is 0.257 e. The minimum atomic E-state index is -0.0880. The van der Waals surface area contributed by atoms with Gasteiger partial charge >= 0.3 is 0 Å². The minimum Gasteiger partial charge on any atom is -0.494 e. The number of nitrogens with one attached hydrogen (secondary N) is 2. The number of hydrogen-bond acceptors (Lipinski definition) is 4. The molecular weight excluding hydrogens is 268 g/mol. The van der Waals surface area contributed by atoms with E-state index in [0.717, 1.165) is 25.1 Å². The third-order valence-electron chi connectivity index (χ3n) is 3.37. The van der Waals surface area contributed by atoms with Gasteiger partial charge in [0, 0.05) is 12.6 Å². The van der Waals surface area contributed by atoms with Crippen LogP contribution in [0.15, 0.2) is 24.3 Å². The van der Waals surface area contributed by atoms with E-state index >= 15 is 0 Å². The maximum absolute atomic E-state index is 11.7. The summed E-state index contributed by atoms with van der Waals surface area (Å²) in [4.78, 5) is 11.7. The van der Waals surface area contributed by atoms with E-state index in [0.29, 0.717) is 24.9 Å². The van der Waals surface area contributed by atoms with Crippen molar-refractivity contribution in [1.29, 1.82) is 0 Å². The van der Waals surface area contributed by atoms with Gasteiger partial charge in [-0.3, -0.25) is 4.79 Å². The summed E-state index contributed by atoms with van der Waals surface area (Å²) in [7, 11) is 0. The van der Waals surface area contributed by atoms with Crippen LogP contribution in [-0.2, 0) is 4.79 Å². The molecule has 0 radical (unpaired) electrons. The van der Waals surface area contributed by atoms with Crippen molar-refractivity contribution < 1.29 is 14.3 Å². The number of rotatable bonds is 8. The Kier molecular flexibility index (Phi) is 6.34.